The van der Waals surface area contributed by atoms with Crippen LogP contribution >= 0.6 is 0 Å². The number of nitrogens with zero attached hydrogens (tertiary/aromatic N) is 2. The van der Waals surface area contributed by atoms with E-state index in [9.17, 15) is 14.9 Å². The monoisotopic (exact) mass is 370 g/mol. The average molecular weight is 370 g/mol. The van der Waals surface area contributed by atoms with E-state index in [2.05, 4.69) is 17.2 Å². The van der Waals surface area contributed by atoms with Gasteiger partial charge in [0.15, 0.2) is 0 Å². The summed E-state index contributed by atoms with van der Waals surface area (Å²) < 4.78 is 0. The SMILES string of the molecule is C=CCN(C(=O)CNc1cc([N+](=O)[O-])ccc1NCCO)c1ccccc1. The number of aliphatic hydroxyl groups is 1. The van der Waals surface area contributed by atoms with Gasteiger partial charge in [-0.2, -0.15) is 0 Å². The third-order valence-electron chi connectivity index (χ3n) is 3.75. The van der Waals surface area contributed by atoms with Crippen LogP contribution < -0.4 is 15.5 Å². The first-order chi connectivity index (χ1) is 13.1. The molecular formula is C19H22N4O4. The second-order valence-electron chi connectivity index (χ2n) is 5.62. The summed E-state index contributed by atoms with van der Waals surface area (Å²) in [5.41, 5.74) is 1.63. The van der Waals surface area contributed by atoms with Gasteiger partial charge in [0, 0.05) is 30.9 Å². The van der Waals surface area contributed by atoms with Crippen LogP contribution in [0, 0.1) is 10.1 Å². The molecule has 3 N–H and O–H groups in total. The summed E-state index contributed by atoms with van der Waals surface area (Å²) in [4.78, 5) is 24.8. The van der Waals surface area contributed by atoms with Crippen molar-refractivity contribution in [2.45, 2.75) is 0 Å². The standard InChI is InChI=1S/C19H22N4O4/c1-2-11-22(15-6-4-3-5-7-15)19(25)14-21-18-13-16(23(26)27)8-9-17(18)20-10-12-24/h2-9,13,20-21,24H,1,10-12,14H2. The number of aliphatic hydroxyl groups excluding tert-OH is 1. The number of amides is 1. The number of rotatable bonds is 10. The fourth-order valence-electron chi connectivity index (χ4n) is 2.49. The number of anilines is 3. The van der Waals surface area contributed by atoms with Gasteiger partial charge in [-0.05, 0) is 18.2 Å². The van der Waals surface area contributed by atoms with Gasteiger partial charge in [0.1, 0.15) is 0 Å². The maximum Gasteiger partial charge on any atom is 0.271 e. The Morgan fingerprint density at radius 1 is 1.19 bits per heavy atom. The number of carbonyl (C=O) groups is 1. The molecular weight excluding hydrogens is 348 g/mol. The molecule has 8 nitrogen and oxygen atoms in total. The van der Waals surface area contributed by atoms with Gasteiger partial charge in [0.2, 0.25) is 5.91 Å². The van der Waals surface area contributed by atoms with Crippen molar-refractivity contribution >= 4 is 28.7 Å². The number of nitrogens with one attached hydrogen (secondary N) is 2. The fraction of sp³-hybridized carbons (Fsp3) is 0.211. The van der Waals surface area contributed by atoms with E-state index in [0.29, 0.717) is 17.9 Å². The molecule has 0 saturated heterocycles. The van der Waals surface area contributed by atoms with Crippen LogP contribution in [0.5, 0.6) is 0 Å². The van der Waals surface area contributed by atoms with Crippen molar-refractivity contribution in [3.05, 3.63) is 71.3 Å². The molecule has 142 valence electrons. The van der Waals surface area contributed by atoms with Gasteiger partial charge in [-0.3, -0.25) is 14.9 Å². The average Bonchev–Trinajstić information content (AvgIpc) is 2.69. The largest absolute Gasteiger partial charge is 0.395 e. The van der Waals surface area contributed by atoms with E-state index in [1.165, 1.54) is 12.1 Å². The molecule has 27 heavy (non-hydrogen) atoms. The van der Waals surface area contributed by atoms with Crippen LogP contribution in [0.15, 0.2) is 61.2 Å². The van der Waals surface area contributed by atoms with Gasteiger partial charge in [0.25, 0.3) is 5.69 Å². The minimum atomic E-state index is -0.503. The van der Waals surface area contributed by atoms with Crippen molar-refractivity contribution < 1.29 is 14.8 Å². The van der Waals surface area contributed by atoms with Crippen molar-refractivity contribution in [2.24, 2.45) is 0 Å². The van der Waals surface area contributed by atoms with Crippen molar-refractivity contribution in [1.82, 2.24) is 0 Å². The molecule has 2 aromatic rings. The molecule has 8 heteroatoms. The molecule has 0 atom stereocenters. The molecule has 0 aromatic heterocycles. The van der Waals surface area contributed by atoms with Gasteiger partial charge < -0.3 is 20.6 Å². The molecule has 0 radical (unpaired) electrons. The van der Waals surface area contributed by atoms with Crippen LogP contribution in [-0.4, -0.2) is 42.2 Å². The Morgan fingerprint density at radius 2 is 1.93 bits per heavy atom. The van der Waals surface area contributed by atoms with Gasteiger partial charge in [-0.25, -0.2) is 0 Å². The summed E-state index contributed by atoms with van der Waals surface area (Å²) in [6.07, 6.45) is 1.63. The molecule has 0 bridgehead atoms. The molecule has 2 aromatic carbocycles. The Labute approximate surface area is 157 Å². The lowest BCUT2D eigenvalue weighted by Gasteiger charge is -2.22. The van der Waals surface area contributed by atoms with Crippen LogP contribution in [0.4, 0.5) is 22.7 Å². The fourth-order valence-corrected chi connectivity index (χ4v) is 2.49. The molecule has 0 saturated carbocycles. The van der Waals surface area contributed by atoms with Gasteiger partial charge in [0.05, 0.1) is 29.4 Å². The lowest BCUT2D eigenvalue weighted by molar-refractivity contribution is -0.384. The van der Waals surface area contributed by atoms with Crippen LogP contribution in [0.1, 0.15) is 0 Å². The number of nitro benzene ring substituents is 1. The highest BCUT2D eigenvalue weighted by atomic mass is 16.6. The maximum atomic E-state index is 12.7. The first-order valence-corrected chi connectivity index (χ1v) is 8.40. The highest BCUT2D eigenvalue weighted by molar-refractivity contribution is 5.96. The van der Waals surface area contributed by atoms with Gasteiger partial charge in [-0.15, -0.1) is 6.58 Å². The summed E-state index contributed by atoms with van der Waals surface area (Å²) in [6.45, 7) is 4.17. The number of hydrogen-bond donors (Lipinski definition) is 3. The minimum absolute atomic E-state index is 0.0578. The van der Waals surface area contributed by atoms with Crippen molar-refractivity contribution in [1.29, 1.82) is 0 Å². The Hall–Kier alpha value is -3.39. The van der Waals surface area contributed by atoms with E-state index >= 15 is 0 Å². The second-order valence-corrected chi connectivity index (χ2v) is 5.62. The van der Waals surface area contributed by atoms with Crippen LogP contribution in [0.25, 0.3) is 0 Å². The smallest absolute Gasteiger partial charge is 0.271 e. The van der Waals surface area contributed by atoms with E-state index < -0.39 is 4.92 Å². The maximum absolute atomic E-state index is 12.7. The normalized spacial score (nSPS) is 10.1. The molecule has 0 aliphatic heterocycles. The number of non-ortho nitro benzene ring substituents is 1. The lowest BCUT2D eigenvalue weighted by atomic mass is 10.2. The summed E-state index contributed by atoms with van der Waals surface area (Å²) >= 11 is 0. The summed E-state index contributed by atoms with van der Waals surface area (Å²) in [5.74, 6) is -0.208. The van der Waals surface area contributed by atoms with Crippen molar-refractivity contribution in [3.8, 4) is 0 Å². The predicted octanol–water partition coefficient (Wildman–Crippen LogP) is 2.63. The number of carbonyl (C=O) groups excluding carboxylic acids is 1. The zero-order valence-corrected chi connectivity index (χ0v) is 14.8. The van der Waals surface area contributed by atoms with E-state index in [4.69, 9.17) is 5.11 Å². The van der Waals surface area contributed by atoms with Crippen LogP contribution in [0.2, 0.25) is 0 Å². The van der Waals surface area contributed by atoms with Gasteiger partial charge >= 0.3 is 0 Å². The predicted molar refractivity (Wildman–Crippen MR) is 106 cm³/mol. The first-order valence-electron chi connectivity index (χ1n) is 8.40. The quantitative estimate of drug-likeness (QED) is 0.337. The zero-order chi connectivity index (χ0) is 19.6. The number of benzene rings is 2. The number of para-hydroxylation sites is 1. The highest BCUT2D eigenvalue weighted by Gasteiger charge is 2.16. The molecule has 0 unspecified atom stereocenters. The highest BCUT2D eigenvalue weighted by Crippen LogP contribution is 2.27. The first kappa shape index (κ1) is 19.9. The van der Waals surface area contributed by atoms with Crippen molar-refractivity contribution in [3.63, 3.8) is 0 Å². The molecule has 0 aliphatic rings. The van der Waals surface area contributed by atoms with E-state index in [0.717, 1.165) is 5.69 Å². The Kier molecular flexibility index (Phi) is 7.33. The summed E-state index contributed by atoms with van der Waals surface area (Å²) in [5, 5.41) is 25.9. The van der Waals surface area contributed by atoms with E-state index in [1.807, 2.05) is 30.3 Å². The Balaban J connectivity index is 2.17. The molecule has 0 spiro atoms. The van der Waals surface area contributed by atoms with Crippen LogP contribution in [-0.2, 0) is 4.79 Å². The molecule has 0 fully saturated rings. The Morgan fingerprint density at radius 3 is 2.56 bits per heavy atom. The minimum Gasteiger partial charge on any atom is -0.395 e. The number of nitro groups is 1. The summed E-state index contributed by atoms with van der Waals surface area (Å²) in [6, 6.07) is 13.4. The lowest BCUT2D eigenvalue weighted by Crippen LogP contribution is -2.35. The Bertz CT molecular complexity index is 796. The molecule has 0 heterocycles. The van der Waals surface area contributed by atoms with E-state index in [-0.39, 0.29) is 31.3 Å². The third kappa shape index (κ3) is 5.55. The topological polar surface area (TPSA) is 108 Å². The molecule has 0 aliphatic carbocycles. The molecule has 1 amide bonds. The summed E-state index contributed by atoms with van der Waals surface area (Å²) in [7, 11) is 0. The third-order valence-corrected chi connectivity index (χ3v) is 3.75. The second kappa shape index (κ2) is 9.93. The molecule has 2 rings (SSSR count). The van der Waals surface area contributed by atoms with Crippen molar-refractivity contribution in [2.75, 3.05) is 41.8 Å². The number of hydrogen-bond acceptors (Lipinski definition) is 6. The zero-order valence-electron chi connectivity index (χ0n) is 14.8. The van der Waals surface area contributed by atoms with Crippen LogP contribution in [0.3, 0.4) is 0 Å². The van der Waals surface area contributed by atoms with E-state index in [1.54, 1.807) is 17.0 Å². The van der Waals surface area contributed by atoms with Gasteiger partial charge in [-0.1, -0.05) is 24.3 Å².